The van der Waals surface area contributed by atoms with Gasteiger partial charge in [0.2, 0.25) is 0 Å². The summed E-state index contributed by atoms with van der Waals surface area (Å²) in [7, 11) is 0. The van der Waals surface area contributed by atoms with Crippen molar-refractivity contribution in [2.24, 2.45) is 4.99 Å². The molecule has 0 bridgehead atoms. The summed E-state index contributed by atoms with van der Waals surface area (Å²) in [5.41, 5.74) is 5.31. The highest BCUT2D eigenvalue weighted by atomic mass is 32.1. The molecule has 5 rings (SSSR count). The number of H-pyrrole nitrogens is 2. The molecule has 0 aliphatic carbocycles. The van der Waals surface area contributed by atoms with Crippen molar-refractivity contribution in [3.05, 3.63) is 78.2 Å². The molecule has 0 aliphatic heterocycles. The van der Waals surface area contributed by atoms with E-state index in [-0.39, 0.29) is 0 Å². The van der Waals surface area contributed by atoms with Crippen molar-refractivity contribution in [2.45, 2.75) is 13.8 Å². The molecule has 1 aromatic carbocycles. The molecule has 4 heterocycles. The van der Waals surface area contributed by atoms with E-state index in [2.05, 4.69) is 38.3 Å². The van der Waals surface area contributed by atoms with Crippen molar-refractivity contribution in [3.63, 3.8) is 0 Å². The van der Waals surface area contributed by atoms with Crippen LogP contribution in [-0.2, 0) is 0 Å². The zero-order valence-electron chi connectivity index (χ0n) is 18.7. The van der Waals surface area contributed by atoms with Gasteiger partial charge in [0.25, 0.3) is 0 Å². The summed E-state index contributed by atoms with van der Waals surface area (Å²) in [6.07, 6.45) is 6.53. The van der Waals surface area contributed by atoms with Crippen LogP contribution < -0.4 is 0 Å². The van der Waals surface area contributed by atoms with E-state index < -0.39 is 5.82 Å². The van der Waals surface area contributed by atoms with E-state index in [0.717, 1.165) is 26.5 Å². The number of fused-ring (bicyclic) bond motifs is 2. The second-order valence-electron chi connectivity index (χ2n) is 7.71. The molecule has 0 spiro atoms. The highest BCUT2D eigenvalue weighted by Crippen LogP contribution is 2.36. The SMILES string of the molecule is C=CN=C/C(=C\C)c1ccc2[nH]nc(-c3nc4c(-c5ccc(C(=C)C)s5)nccc4[nH]3)c2c1F. The largest absolute Gasteiger partial charge is 0.336 e. The van der Waals surface area contributed by atoms with Crippen LogP contribution in [-0.4, -0.2) is 31.4 Å². The Bertz CT molecular complexity index is 1630. The second kappa shape index (κ2) is 8.64. The number of halogens is 1. The highest BCUT2D eigenvalue weighted by Gasteiger charge is 2.21. The molecule has 0 radical (unpaired) electrons. The Kier molecular flexibility index (Phi) is 5.51. The van der Waals surface area contributed by atoms with Crippen LogP contribution in [0.5, 0.6) is 0 Å². The molecule has 0 unspecified atom stereocenters. The van der Waals surface area contributed by atoms with Crippen molar-refractivity contribution < 1.29 is 4.39 Å². The maximum atomic E-state index is 15.7. The Morgan fingerprint density at radius 3 is 2.74 bits per heavy atom. The Morgan fingerprint density at radius 1 is 1.15 bits per heavy atom. The molecule has 0 saturated heterocycles. The van der Waals surface area contributed by atoms with E-state index in [9.17, 15) is 0 Å². The molecule has 2 N–H and O–H groups in total. The van der Waals surface area contributed by atoms with Crippen LogP contribution in [0.1, 0.15) is 24.3 Å². The van der Waals surface area contributed by atoms with Gasteiger partial charge >= 0.3 is 0 Å². The van der Waals surface area contributed by atoms with Gasteiger partial charge < -0.3 is 4.98 Å². The lowest BCUT2D eigenvalue weighted by atomic mass is 10.0. The lowest BCUT2D eigenvalue weighted by Gasteiger charge is -2.05. The number of aromatic nitrogens is 5. The zero-order chi connectivity index (χ0) is 23.8. The minimum atomic E-state index is -0.395. The maximum absolute atomic E-state index is 15.7. The second-order valence-corrected chi connectivity index (χ2v) is 8.80. The molecule has 5 aromatic rings. The van der Waals surface area contributed by atoms with Gasteiger partial charge in [-0.15, -0.1) is 11.3 Å². The van der Waals surface area contributed by atoms with E-state index in [0.29, 0.717) is 39.1 Å². The molecule has 4 aromatic heterocycles. The van der Waals surface area contributed by atoms with Gasteiger partial charge in [-0.2, -0.15) is 5.10 Å². The summed E-state index contributed by atoms with van der Waals surface area (Å²) < 4.78 is 15.7. The number of allylic oxidation sites excluding steroid dienone is 3. The van der Waals surface area contributed by atoms with Gasteiger partial charge in [-0.05, 0) is 55.3 Å². The molecule has 0 saturated carbocycles. The zero-order valence-corrected chi connectivity index (χ0v) is 19.5. The van der Waals surface area contributed by atoms with Gasteiger partial charge in [0, 0.05) is 29.1 Å². The lowest BCUT2D eigenvalue weighted by Crippen LogP contribution is -1.93. The molecule has 0 fully saturated rings. The summed E-state index contributed by atoms with van der Waals surface area (Å²) in [5.74, 6) is 0.0676. The van der Waals surface area contributed by atoms with Crippen LogP contribution in [0, 0.1) is 5.82 Å². The van der Waals surface area contributed by atoms with Crippen molar-refractivity contribution in [2.75, 3.05) is 0 Å². The third-order valence-corrected chi connectivity index (χ3v) is 6.75. The van der Waals surface area contributed by atoms with Gasteiger partial charge in [-0.3, -0.25) is 15.1 Å². The summed E-state index contributed by atoms with van der Waals surface area (Å²) in [6.45, 7) is 11.4. The smallest absolute Gasteiger partial charge is 0.159 e. The number of thiophene rings is 1. The van der Waals surface area contributed by atoms with Crippen LogP contribution in [0.15, 0.2) is 67.0 Å². The van der Waals surface area contributed by atoms with E-state index >= 15 is 4.39 Å². The number of benzene rings is 1. The van der Waals surface area contributed by atoms with Gasteiger partial charge in [-0.1, -0.05) is 19.2 Å². The Hall–Kier alpha value is -4.17. The number of aromatic amines is 2. The maximum Gasteiger partial charge on any atom is 0.159 e. The fourth-order valence-electron chi connectivity index (χ4n) is 3.82. The summed E-state index contributed by atoms with van der Waals surface area (Å²) >= 11 is 1.61. The average Bonchev–Trinajstić information content (AvgIpc) is 3.58. The highest BCUT2D eigenvalue weighted by molar-refractivity contribution is 7.16. The van der Waals surface area contributed by atoms with Crippen LogP contribution in [0.3, 0.4) is 0 Å². The van der Waals surface area contributed by atoms with Crippen LogP contribution in [0.2, 0.25) is 0 Å². The molecule has 6 nitrogen and oxygen atoms in total. The first-order valence-corrected chi connectivity index (χ1v) is 11.4. The molecule has 0 aliphatic rings. The number of imidazole rings is 1. The Morgan fingerprint density at radius 2 is 2.00 bits per heavy atom. The summed E-state index contributed by atoms with van der Waals surface area (Å²) in [4.78, 5) is 18.8. The van der Waals surface area contributed by atoms with E-state index in [1.165, 1.54) is 6.20 Å². The summed E-state index contributed by atoms with van der Waals surface area (Å²) in [6, 6.07) is 9.41. The molecule has 34 heavy (non-hydrogen) atoms. The number of hydrogen-bond donors (Lipinski definition) is 2. The third-order valence-electron chi connectivity index (χ3n) is 5.49. The molecule has 0 atom stereocenters. The van der Waals surface area contributed by atoms with Gasteiger partial charge in [0.15, 0.2) is 5.82 Å². The minimum absolute atomic E-state index is 0.359. The third kappa shape index (κ3) is 3.58. The number of nitrogens with zero attached hydrogens (tertiary/aromatic N) is 4. The summed E-state index contributed by atoms with van der Waals surface area (Å²) in [5, 5.41) is 7.66. The molecule has 0 amide bonds. The van der Waals surface area contributed by atoms with Crippen LogP contribution in [0.4, 0.5) is 4.39 Å². The Balaban J connectivity index is 1.67. The number of nitrogens with one attached hydrogen (secondary N) is 2. The van der Waals surface area contributed by atoms with E-state index in [1.54, 1.807) is 42.0 Å². The first kappa shape index (κ1) is 21.7. The van der Waals surface area contributed by atoms with Crippen molar-refractivity contribution in [1.29, 1.82) is 0 Å². The first-order valence-electron chi connectivity index (χ1n) is 10.6. The topological polar surface area (TPSA) is 82.6 Å². The number of pyridine rings is 1. The van der Waals surface area contributed by atoms with E-state index in [1.807, 2.05) is 32.0 Å². The first-order chi connectivity index (χ1) is 16.5. The van der Waals surface area contributed by atoms with E-state index in [4.69, 9.17) is 4.98 Å². The predicted octanol–water partition coefficient (Wildman–Crippen LogP) is 7.02. The Labute approximate surface area is 199 Å². The van der Waals surface area contributed by atoms with Crippen molar-refractivity contribution in [3.8, 4) is 22.1 Å². The quantitative estimate of drug-likeness (QED) is 0.263. The predicted molar refractivity (Wildman–Crippen MR) is 139 cm³/mol. The molecule has 8 heteroatoms. The monoisotopic (exact) mass is 468 g/mol. The number of rotatable bonds is 6. The molecule has 168 valence electrons. The lowest BCUT2D eigenvalue weighted by molar-refractivity contribution is 0.637. The number of hydrogen-bond acceptors (Lipinski definition) is 5. The van der Waals surface area contributed by atoms with Gasteiger partial charge in [0.1, 0.15) is 22.7 Å². The minimum Gasteiger partial charge on any atom is -0.336 e. The fraction of sp³-hybridized carbons (Fsp3) is 0.0769. The average molecular weight is 469 g/mol. The van der Waals surface area contributed by atoms with Crippen LogP contribution in [0.25, 0.3) is 55.2 Å². The van der Waals surface area contributed by atoms with Crippen molar-refractivity contribution >= 4 is 50.6 Å². The van der Waals surface area contributed by atoms with Crippen LogP contribution >= 0.6 is 11.3 Å². The van der Waals surface area contributed by atoms with Gasteiger partial charge in [-0.25, -0.2) is 9.37 Å². The van der Waals surface area contributed by atoms with Crippen molar-refractivity contribution in [1.82, 2.24) is 25.1 Å². The molecular formula is C26H21FN6S. The van der Waals surface area contributed by atoms with Gasteiger partial charge in [0.05, 0.1) is 21.3 Å². The molecular weight excluding hydrogens is 447 g/mol. The number of aliphatic imine (C=N–C) groups is 1. The normalized spacial score (nSPS) is 12.3. The fourth-order valence-corrected chi connectivity index (χ4v) is 4.75. The standard InChI is InChI=1S/C26H21FN6S/c1-5-15(13-28-6-2)16-7-8-17-21(22(16)27)25(33-32-17)26-30-18-11-12-29-24(23(18)31-26)20-10-9-19(34-20)14(3)4/h5-13H,2-3H2,1,4H3,(H,30,31)(H,32,33)/b15-5+,28-13?.